The fourth-order valence-electron chi connectivity index (χ4n) is 2.70. The molecule has 0 aliphatic carbocycles. The van der Waals surface area contributed by atoms with Crippen molar-refractivity contribution in [3.05, 3.63) is 0 Å². The highest BCUT2D eigenvalue weighted by atomic mass is 16.4. The largest absolute Gasteiger partial charge is 0.481 e. The molecule has 0 spiro atoms. The van der Waals surface area contributed by atoms with Crippen LogP contribution in [0.15, 0.2) is 0 Å². The molecule has 0 unspecified atom stereocenters. The van der Waals surface area contributed by atoms with Crippen LogP contribution in [0.2, 0.25) is 0 Å². The average molecular weight is 520 g/mol. The van der Waals surface area contributed by atoms with Gasteiger partial charge in [-0.25, -0.2) is 4.79 Å². The molecule has 4 atom stereocenters. The van der Waals surface area contributed by atoms with Crippen LogP contribution in [0.25, 0.3) is 0 Å². The predicted molar refractivity (Wildman–Crippen MR) is 114 cm³/mol. The van der Waals surface area contributed by atoms with Crippen LogP contribution >= 0.6 is 0 Å². The summed E-state index contributed by atoms with van der Waals surface area (Å²) in [5, 5.41) is 50.6. The van der Waals surface area contributed by atoms with E-state index in [9.17, 15) is 43.5 Å². The zero-order valence-corrected chi connectivity index (χ0v) is 18.8. The molecule has 36 heavy (non-hydrogen) atoms. The van der Waals surface area contributed by atoms with Gasteiger partial charge in [0.25, 0.3) is 0 Å². The second-order valence-corrected chi connectivity index (χ2v) is 7.52. The third-order valence-corrected chi connectivity index (χ3v) is 4.55. The molecule has 0 fully saturated rings. The van der Waals surface area contributed by atoms with Crippen LogP contribution in [0.5, 0.6) is 0 Å². The van der Waals surface area contributed by atoms with Crippen LogP contribution in [0.3, 0.4) is 0 Å². The van der Waals surface area contributed by atoms with Gasteiger partial charge in [-0.05, 0) is 19.3 Å². The number of aliphatic carboxylic acids is 5. The van der Waals surface area contributed by atoms with E-state index in [1.165, 1.54) is 0 Å². The number of nitrogens with two attached hydrogens (primary N) is 1. The molecular weight excluding hydrogens is 492 g/mol. The molecule has 202 valence electrons. The smallest absolute Gasteiger partial charge is 0.326 e. The number of carboxylic acids is 5. The Morgan fingerprint density at radius 2 is 0.861 bits per heavy atom. The van der Waals surface area contributed by atoms with Crippen molar-refractivity contribution in [1.82, 2.24) is 16.0 Å². The van der Waals surface area contributed by atoms with E-state index in [1.807, 2.05) is 5.32 Å². The average Bonchev–Trinajstić information content (AvgIpc) is 2.75. The number of hydrogen-bond acceptors (Lipinski definition) is 9. The number of nitrogens with one attached hydrogen (secondary N) is 3. The van der Waals surface area contributed by atoms with Crippen molar-refractivity contribution in [3.63, 3.8) is 0 Å². The molecule has 0 rings (SSSR count). The van der Waals surface area contributed by atoms with E-state index in [2.05, 4.69) is 10.6 Å². The summed E-state index contributed by atoms with van der Waals surface area (Å²) in [7, 11) is 0. The Balaban J connectivity index is 5.66. The summed E-state index contributed by atoms with van der Waals surface area (Å²) in [6, 6.07) is -6.58. The number of carbonyl (C=O) groups excluding carboxylic acids is 3. The van der Waals surface area contributed by atoms with E-state index in [1.54, 1.807) is 0 Å². The molecule has 17 nitrogen and oxygen atoms in total. The monoisotopic (exact) mass is 520 g/mol. The number of hydrogen-bond donors (Lipinski definition) is 9. The van der Waals surface area contributed by atoms with Crippen molar-refractivity contribution >= 4 is 47.6 Å². The Bertz CT molecular complexity index is 875. The molecule has 0 saturated carbocycles. The molecule has 0 aliphatic rings. The first kappa shape index (κ1) is 31.7. The molecule has 0 saturated heterocycles. The Morgan fingerprint density at radius 1 is 0.528 bits per heavy atom. The molecule has 17 heteroatoms. The van der Waals surface area contributed by atoms with E-state index in [0.717, 1.165) is 0 Å². The molecule has 10 N–H and O–H groups in total. The van der Waals surface area contributed by atoms with Gasteiger partial charge in [0.2, 0.25) is 17.7 Å². The summed E-state index contributed by atoms with van der Waals surface area (Å²) in [6.07, 6.45) is -4.32. The highest BCUT2D eigenvalue weighted by Crippen LogP contribution is 2.06. The van der Waals surface area contributed by atoms with E-state index in [4.69, 9.17) is 26.2 Å². The second kappa shape index (κ2) is 15.6. The van der Waals surface area contributed by atoms with Gasteiger partial charge in [0.1, 0.15) is 18.1 Å². The Kier molecular flexibility index (Phi) is 13.7. The van der Waals surface area contributed by atoms with Crippen molar-refractivity contribution in [2.24, 2.45) is 5.73 Å². The van der Waals surface area contributed by atoms with Crippen LogP contribution in [-0.2, 0) is 38.4 Å². The van der Waals surface area contributed by atoms with Gasteiger partial charge in [0.05, 0.1) is 12.5 Å². The number of carboxylic acid groups (broad SMARTS) is 5. The Morgan fingerprint density at radius 3 is 1.19 bits per heavy atom. The number of carbonyl (C=O) groups is 8. The van der Waals surface area contributed by atoms with Gasteiger partial charge in [-0.3, -0.25) is 33.6 Å². The van der Waals surface area contributed by atoms with Gasteiger partial charge in [-0.1, -0.05) is 0 Å². The molecule has 0 bridgehead atoms. The first-order valence-corrected chi connectivity index (χ1v) is 10.4. The third kappa shape index (κ3) is 13.4. The van der Waals surface area contributed by atoms with Gasteiger partial charge in [0.15, 0.2) is 0 Å². The highest BCUT2D eigenvalue weighted by Gasteiger charge is 2.31. The Hall–Kier alpha value is -4.28. The third-order valence-electron chi connectivity index (χ3n) is 4.55. The zero-order chi connectivity index (χ0) is 28.0. The molecular formula is C19H28N4O13. The maximum atomic E-state index is 12.7. The quantitative estimate of drug-likeness (QED) is 0.0866. The van der Waals surface area contributed by atoms with E-state index < -0.39 is 117 Å². The minimum absolute atomic E-state index is 0.518. The lowest BCUT2D eigenvalue weighted by atomic mass is 10.1. The van der Waals surface area contributed by atoms with Crippen molar-refractivity contribution in [2.75, 3.05) is 0 Å². The lowest BCUT2D eigenvalue weighted by molar-refractivity contribution is -0.144. The molecule has 0 radical (unpaired) electrons. The van der Waals surface area contributed by atoms with E-state index in [-0.39, 0.29) is 0 Å². The SMILES string of the molecule is N[C@@H](CC(=O)O)C(=O)N[C@@H](CCC(=O)O)C(=O)N[C@@H](CCC(=O)O)C(=O)N[C@@H](CCC(=O)O)C(=O)O. The van der Waals surface area contributed by atoms with Crippen LogP contribution < -0.4 is 21.7 Å². The minimum atomic E-state index is -1.69. The number of amides is 3. The summed E-state index contributed by atoms with van der Waals surface area (Å²) in [6.45, 7) is 0. The summed E-state index contributed by atoms with van der Waals surface area (Å²) in [5.41, 5.74) is 5.42. The number of rotatable bonds is 18. The van der Waals surface area contributed by atoms with Crippen LogP contribution in [0.1, 0.15) is 44.9 Å². The molecule has 0 aromatic rings. The standard InChI is InChI=1S/C19H28N4O13/c20-8(7-15(30)31)16(32)21-9(1-4-12(24)25)17(33)22-10(2-5-13(26)27)18(34)23-11(19(35)36)3-6-14(28)29/h8-11H,1-7,20H2,(H,21,32)(H,22,33)(H,23,34)(H,24,25)(H,26,27)(H,28,29)(H,30,31)(H,35,36)/t8-,9-,10-,11-/m0/s1. The van der Waals surface area contributed by atoms with E-state index in [0.29, 0.717) is 0 Å². The summed E-state index contributed by atoms with van der Waals surface area (Å²) >= 11 is 0. The van der Waals surface area contributed by atoms with Gasteiger partial charge in [0, 0.05) is 19.3 Å². The van der Waals surface area contributed by atoms with Gasteiger partial charge >= 0.3 is 29.8 Å². The van der Waals surface area contributed by atoms with E-state index >= 15 is 0 Å². The van der Waals surface area contributed by atoms with Crippen LogP contribution in [0.4, 0.5) is 0 Å². The van der Waals surface area contributed by atoms with Crippen molar-refractivity contribution in [3.8, 4) is 0 Å². The lowest BCUT2D eigenvalue weighted by Gasteiger charge is -2.24. The zero-order valence-electron chi connectivity index (χ0n) is 18.8. The fraction of sp³-hybridized carbons (Fsp3) is 0.579. The van der Waals surface area contributed by atoms with Crippen molar-refractivity contribution < 1.29 is 63.9 Å². The van der Waals surface area contributed by atoms with Gasteiger partial charge in [-0.15, -0.1) is 0 Å². The maximum Gasteiger partial charge on any atom is 0.326 e. The van der Waals surface area contributed by atoms with Crippen LogP contribution in [-0.4, -0.2) is 97.3 Å². The fourth-order valence-corrected chi connectivity index (χ4v) is 2.70. The second-order valence-electron chi connectivity index (χ2n) is 7.52. The summed E-state index contributed by atoms with van der Waals surface area (Å²) < 4.78 is 0. The molecule has 3 amide bonds. The van der Waals surface area contributed by atoms with Crippen molar-refractivity contribution in [1.29, 1.82) is 0 Å². The molecule has 0 aromatic carbocycles. The summed E-state index contributed by atoms with van der Waals surface area (Å²) in [5.74, 6) is -10.5. The first-order valence-electron chi connectivity index (χ1n) is 10.4. The lowest BCUT2D eigenvalue weighted by Crippen LogP contribution is -2.57. The Labute approximate surface area is 203 Å². The normalized spacial score (nSPS) is 13.8. The highest BCUT2D eigenvalue weighted by molar-refractivity contribution is 5.95. The van der Waals surface area contributed by atoms with Gasteiger partial charge < -0.3 is 47.2 Å². The van der Waals surface area contributed by atoms with Crippen LogP contribution in [0, 0.1) is 0 Å². The van der Waals surface area contributed by atoms with Crippen molar-refractivity contribution in [2.45, 2.75) is 69.1 Å². The molecule has 0 heterocycles. The topological polar surface area (TPSA) is 300 Å². The minimum Gasteiger partial charge on any atom is -0.481 e. The molecule has 0 aromatic heterocycles. The maximum absolute atomic E-state index is 12.7. The predicted octanol–water partition coefficient (Wildman–Crippen LogP) is -3.08. The summed E-state index contributed by atoms with van der Waals surface area (Å²) in [4.78, 5) is 92.1. The van der Waals surface area contributed by atoms with Gasteiger partial charge in [-0.2, -0.15) is 0 Å². The molecule has 0 aliphatic heterocycles. The first-order chi connectivity index (χ1) is 16.6.